The maximum absolute atomic E-state index is 13.6. The van der Waals surface area contributed by atoms with Crippen LogP contribution < -0.4 is 9.47 Å². The second-order valence-corrected chi connectivity index (χ2v) is 7.98. The number of nitriles is 1. The van der Waals surface area contributed by atoms with Crippen LogP contribution in [0.5, 0.6) is 11.5 Å². The van der Waals surface area contributed by atoms with Crippen LogP contribution in [0.3, 0.4) is 0 Å². The molecule has 1 fully saturated rings. The van der Waals surface area contributed by atoms with Crippen molar-refractivity contribution in [2.45, 2.75) is 45.4 Å². The average Bonchev–Trinajstić information content (AvgIpc) is 2.78. The lowest BCUT2D eigenvalue weighted by Gasteiger charge is -2.26. The van der Waals surface area contributed by atoms with E-state index in [4.69, 9.17) is 14.7 Å². The normalized spacial score (nSPS) is 18.5. The van der Waals surface area contributed by atoms with Crippen LogP contribution in [-0.4, -0.2) is 12.6 Å². The zero-order valence-corrected chi connectivity index (χ0v) is 17.9. The van der Waals surface area contributed by atoms with E-state index in [0.29, 0.717) is 23.8 Å². The molecule has 1 aliphatic carbocycles. The first kappa shape index (κ1) is 22.6. The molecule has 0 aliphatic heterocycles. The summed E-state index contributed by atoms with van der Waals surface area (Å²) in [6.45, 7) is 2.75. The van der Waals surface area contributed by atoms with Crippen LogP contribution in [0, 0.1) is 29.0 Å². The van der Waals surface area contributed by atoms with E-state index in [1.165, 1.54) is 50.7 Å². The minimum absolute atomic E-state index is 0.0516. The Balaban J connectivity index is 1.44. The first-order valence-electron chi connectivity index (χ1n) is 10.9. The third kappa shape index (κ3) is 6.68. The van der Waals surface area contributed by atoms with Crippen molar-refractivity contribution >= 4 is 5.97 Å². The number of hydrogen-bond donors (Lipinski definition) is 0. The second-order valence-electron chi connectivity index (χ2n) is 7.98. The van der Waals surface area contributed by atoms with Crippen LogP contribution in [-0.2, 0) is 0 Å². The molecule has 0 spiro atoms. The molecule has 0 bridgehead atoms. The molecule has 31 heavy (non-hydrogen) atoms. The number of allylic oxidation sites excluding steroid dienone is 1. The largest absolute Gasteiger partial charge is 0.490 e. The molecule has 5 heteroatoms. The number of rotatable bonds is 8. The molecule has 4 nitrogen and oxygen atoms in total. The lowest BCUT2D eigenvalue weighted by molar-refractivity contribution is 0.0734. The van der Waals surface area contributed by atoms with Crippen LogP contribution in [0.4, 0.5) is 4.39 Å². The topological polar surface area (TPSA) is 59.3 Å². The Kier molecular flexibility index (Phi) is 8.23. The molecule has 0 N–H and O–H groups in total. The van der Waals surface area contributed by atoms with Crippen molar-refractivity contribution in [3.63, 3.8) is 0 Å². The summed E-state index contributed by atoms with van der Waals surface area (Å²) in [5, 5.41) is 8.75. The van der Waals surface area contributed by atoms with Crippen molar-refractivity contribution in [2.75, 3.05) is 6.61 Å². The predicted molar refractivity (Wildman–Crippen MR) is 118 cm³/mol. The van der Waals surface area contributed by atoms with Gasteiger partial charge in [-0.15, -0.1) is 0 Å². The monoisotopic (exact) mass is 421 g/mol. The van der Waals surface area contributed by atoms with Gasteiger partial charge in [0.1, 0.15) is 30.0 Å². The highest BCUT2D eigenvalue weighted by Gasteiger charge is 2.18. The number of halogens is 1. The predicted octanol–water partition coefficient (Wildman–Crippen LogP) is 6.46. The molecule has 0 amide bonds. The van der Waals surface area contributed by atoms with E-state index in [1.807, 2.05) is 0 Å². The van der Waals surface area contributed by atoms with Gasteiger partial charge in [0.05, 0.1) is 11.1 Å². The Morgan fingerprint density at radius 3 is 2.48 bits per heavy atom. The van der Waals surface area contributed by atoms with Gasteiger partial charge in [-0.3, -0.25) is 0 Å². The zero-order valence-electron chi connectivity index (χ0n) is 17.9. The van der Waals surface area contributed by atoms with Crippen LogP contribution in [0.15, 0.2) is 54.6 Å². The molecule has 1 saturated carbocycles. The summed E-state index contributed by atoms with van der Waals surface area (Å²) >= 11 is 0. The quantitative estimate of drug-likeness (QED) is 0.279. The summed E-state index contributed by atoms with van der Waals surface area (Å²) < 4.78 is 24.5. The molecule has 1 aliphatic rings. The van der Waals surface area contributed by atoms with Gasteiger partial charge in [-0.1, -0.05) is 31.9 Å². The maximum atomic E-state index is 13.6. The number of nitrogens with zero attached hydrogens (tertiary/aromatic N) is 1. The van der Waals surface area contributed by atoms with Crippen molar-refractivity contribution < 1.29 is 18.7 Å². The zero-order chi connectivity index (χ0) is 22.1. The molecule has 0 heterocycles. The highest BCUT2D eigenvalue weighted by molar-refractivity contribution is 5.91. The summed E-state index contributed by atoms with van der Waals surface area (Å²) in [4.78, 5) is 12.2. The van der Waals surface area contributed by atoms with Gasteiger partial charge in [-0.2, -0.15) is 5.26 Å². The van der Waals surface area contributed by atoms with Crippen LogP contribution >= 0.6 is 0 Å². The number of carbonyl (C=O) groups is 1. The van der Waals surface area contributed by atoms with Gasteiger partial charge in [0, 0.05) is 6.07 Å². The highest BCUT2D eigenvalue weighted by Crippen LogP contribution is 2.32. The molecule has 2 aromatic carbocycles. The van der Waals surface area contributed by atoms with Crippen molar-refractivity contribution in [3.05, 3.63) is 71.6 Å². The minimum atomic E-state index is -0.724. The molecule has 0 atom stereocenters. The fourth-order valence-electron chi connectivity index (χ4n) is 3.97. The van der Waals surface area contributed by atoms with Gasteiger partial charge in [0.25, 0.3) is 0 Å². The molecule has 0 radical (unpaired) electrons. The summed E-state index contributed by atoms with van der Waals surface area (Å²) in [6, 6.07) is 12.0. The second kappa shape index (κ2) is 11.3. The van der Waals surface area contributed by atoms with E-state index >= 15 is 0 Å². The smallest absolute Gasteiger partial charge is 0.343 e. The number of ether oxygens (including phenoxy) is 2. The Hall–Kier alpha value is -3.13. The third-order valence-corrected chi connectivity index (χ3v) is 5.70. The molecule has 3 rings (SSSR count). The maximum Gasteiger partial charge on any atom is 0.343 e. The summed E-state index contributed by atoms with van der Waals surface area (Å²) in [5.41, 5.74) is 0.232. The van der Waals surface area contributed by atoms with Crippen molar-refractivity contribution in [2.24, 2.45) is 11.8 Å². The first-order valence-corrected chi connectivity index (χ1v) is 10.9. The highest BCUT2D eigenvalue weighted by atomic mass is 19.1. The van der Waals surface area contributed by atoms with Gasteiger partial charge in [-0.05, 0) is 73.9 Å². The molecule has 0 aromatic heterocycles. The van der Waals surface area contributed by atoms with Gasteiger partial charge < -0.3 is 9.47 Å². The Morgan fingerprint density at radius 1 is 1.13 bits per heavy atom. The first-order chi connectivity index (χ1) is 15.1. The number of carbonyl (C=O) groups excluding carboxylic acids is 1. The van der Waals surface area contributed by atoms with Gasteiger partial charge in [-0.25, -0.2) is 9.18 Å². The Bertz CT molecular complexity index is 938. The van der Waals surface area contributed by atoms with E-state index in [1.54, 1.807) is 30.3 Å². The Labute approximate surface area is 183 Å². The fraction of sp³-hybridized carbons (Fsp3) is 0.385. The molecule has 0 saturated heterocycles. The number of benzene rings is 2. The van der Waals surface area contributed by atoms with Crippen molar-refractivity contribution in [3.8, 4) is 17.6 Å². The van der Waals surface area contributed by atoms with Gasteiger partial charge >= 0.3 is 5.97 Å². The van der Waals surface area contributed by atoms with Crippen LogP contribution in [0.1, 0.15) is 61.4 Å². The molecular weight excluding hydrogens is 393 g/mol. The number of esters is 1. The van der Waals surface area contributed by atoms with E-state index < -0.39 is 11.8 Å². The molecule has 2 aromatic rings. The van der Waals surface area contributed by atoms with Crippen molar-refractivity contribution in [1.82, 2.24) is 0 Å². The molecular formula is C26H28FNO3. The standard InChI is InChI=1S/C26H28FNO3/c1-2-4-19-6-8-20(9-7-19)5-3-16-30-23-13-10-21(11-14-23)26(29)31-24-15-12-22(18-28)25(27)17-24/h3,5,10-15,17,19-20H,2,4,6-9,16H2,1H3. The van der Waals surface area contributed by atoms with E-state index in [0.717, 1.165) is 12.0 Å². The Morgan fingerprint density at radius 2 is 1.84 bits per heavy atom. The minimum Gasteiger partial charge on any atom is -0.490 e. The van der Waals surface area contributed by atoms with Gasteiger partial charge in [0.15, 0.2) is 0 Å². The fourth-order valence-corrected chi connectivity index (χ4v) is 3.97. The van der Waals surface area contributed by atoms with Crippen LogP contribution in [0.25, 0.3) is 0 Å². The van der Waals surface area contributed by atoms with E-state index in [-0.39, 0.29) is 11.3 Å². The molecule has 162 valence electrons. The van der Waals surface area contributed by atoms with Crippen molar-refractivity contribution in [1.29, 1.82) is 5.26 Å². The summed E-state index contributed by atoms with van der Waals surface area (Å²) in [7, 11) is 0. The lowest BCUT2D eigenvalue weighted by Crippen LogP contribution is -2.13. The molecule has 0 unspecified atom stereocenters. The van der Waals surface area contributed by atoms with E-state index in [9.17, 15) is 9.18 Å². The van der Waals surface area contributed by atoms with E-state index in [2.05, 4.69) is 19.1 Å². The lowest BCUT2D eigenvalue weighted by atomic mass is 9.80. The average molecular weight is 422 g/mol. The van der Waals surface area contributed by atoms with Crippen LogP contribution in [0.2, 0.25) is 0 Å². The number of hydrogen-bond acceptors (Lipinski definition) is 4. The summed E-state index contributed by atoms with van der Waals surface area (Å²) in [5.74, 6) is 0.953. The van der Waals surface area contributed by atoms with Gasteiger partial charge in [0.2, 0.25) is 0 Å². The SMILES string of the molecule is CCCC1CCC(C=CCOc2ccc(C(=O)Oc3ccc(C#N)c(F)c3)cc2)CC1. The summed E-state index contributed by atoms with van der Waals surface area (Å²) in [6.07, 6.45) is 12.2. The third-order valence-electron chi connectivity index (χ3n) is 5.70.